The lowest BCUT2D eigenvalue weighted by atomic mass is 10.2. The molecule has 1 saturated heterocycles. The first-order valence-corrected chi connectivity index (χ1v) is 9.56. The molecular weight excluding hydrogens is 302 g/mol. The van der Waals surface area contributed by atoms with E-state index in [1.54, 1.807) is 12.1 Å². The highest BCUT2D eigenvalue weighted by atomic mass is 32.2. The number of sulfone groups is 1. The van der Waals surface area contributed by atoms with Gasteiger partial charge in [0.25, 0.3) is 0 Å². The van der Waals surface area contributed by atoms with E-state index in [2.05, 4.69) is 9.71 Å². The summed E-state index contributed by atoms with van der Waals surface area (Å²) in [6, 6.07) is 3.23. The summed E-state index contributed by atoms with van der Waals surface area (Å²) in [4.78, 5) is 3.97. The van der Waals surface area contributed by atoms with Crippen molar-refractivity contribution in [3.63, 3.8) is 0 Å². The van der Waals surface area contributed by atoms with Crippen LogP contribution in [0.5, 0.6) is 0 Å². The lowest BCUT2D eigenvalue weighted by Crippen LogP contribution is -2.36. The summed E-state index contributed by atoms with van der Waals surface area (Å²) in [6.07, 6.45) is 1.75. The molecule has 0 spiro atoms. The quantitative estimate of drug-likeness (QED) is 0.797. The molecule has 0 aliphatic carbocycles. The van der Waals surface area contributed by atoms with Crippen molar-refractivity contribution in [2.24, 2.45) is 5.73 Å². The zero-order valence-electron chi connectivity index (χ0n) is 10.8. The normalized spacial score (nSPS) is 19.6. The maximum Gasteiger partial charge on any atom is 0.236 e. The van der Waals surface area contributed by atoms with Crippen molar-refractivity contribution in [2.75, 3.05) is 16.2 Å². The van der Waals surface area contributed by atoms with Crippen molar-refractivity contribution in [1.82, 2.24) is 4.98 Å². The Hall–Kier alpha value is -1.19. The molecule has 7 nitrogen and oxygen atoms in total. The Balaban J connectivity index is 2.07. The first-order chi connectivity index (χ1) is 9.32. The van der Waals surface area contributed by atoms with E-state index in [0.29, 0.717) is 6.54 Å². The second-order valence-corrected chi connectivity index (χ2v) is 9.02. The van der Waals surface area contributed by atoms with Crippen LogP contribution in [0.3, 0.4) is 0 Å². The van der Waals surface area contributed by atoms with Crippen molar-refractivity contribution in [1.29, 1.82) is 0 Å². The van der Waals surface area contributed by atoms with Crippen LogP contribution in [-0.4, -0.2) is 38.6 Å². The molecule has 112 valence electrons. The molecule has 1 aliphatic rings. The van der Waals surface area contributed by atoms with Crippen LogP contribution in [-0.2, 0) is 26.4 Å². The summed E-state index contributed by atoms with van der Waals surface area (Å²) >= 11 is 0. The van der Waals surface area contributed by atoms with Gasteiger partial charge in [-0.25, -0.2) is 21.8 Å². The Morgan fingerprint density at radius 2 is 1.95 bits per heavy atom. The zero-order chi connectivity index (χ0) is 14.8. The van der Waals surface area contributed by atoms with Crippen LogP contribution in [0.25, 0.3) is 0 Å². The molecule has 9 heteroatoms. The van der Waals surface area contributed by atoms with Gasteiger partial charge in [-0.3, -0.25) is 4.72 Å². The van der Waals surface area contributed by atoms with Gasteiger partial charge < -0.3 is 5.73 Å². The van der Waals surface area contributed by atoms with Gasteiger partial charge in [0.15, 0.2) is 0 Å². The first kappa shape index (κ1) is 15.2. The van der Waals surface area contributed by atoms with Crippen molar-refractivity contribution in [3.8, 4) is 0 Å². The smallest absolute Gasteiger partial charge is 0.236 e. The van der Waals surface area contributed by atoms with Crippen LogP contribution < -0.4 is 10.5 Å². The van der Waals surface area contributed by atoms with Gasteiger partial charge in [0.05, 0.1) is 16.8 Å². The van der Waals surface area contributed by atoms with Gasteiger partial charge in [0.1, 0.15) is 15.7 Å². The Kier molecular flexibility index (Phi) is 4.31. The zero-order valence-corrected chi connectivity index (χ0v) is 12.5. The molecule has 0 unspecified atom stereocenters. The molecule has 2 rings (SSSR count). The monoisotopic (exact) mass is 319 g/mol. The molecule has 0 saturated carbocycles. The summed E-state index contributed by atoms with van der Waals surface area (Å²) in [7, 11) is -6.69. The summed E-state index contributed by atoms with van der Waals surface area (Å²) in [5.74, 6) is 0.0478. The van der Waals surface area contributed by atoms with Crippen LogP contribution in [0.15, 0.2) is 18.3 Å². The third-order valence-corrected chi connectivity index (χ3v) is 6.81. The first-order valence-electron chi connectivity index (χ1n) is 6.19. The Labute approximate surface area is 118 Å². The fourth-order valence-electron chi connectivity index (χ4n) is 2.01. The average Bonchev–Trinajstić information content (AvgIpc) is 2.38. The maximum absolute atomic E-state index is 12.1. The van der Waals surface area contributed by atoms with Crippen molar-refractivity contribution < 1.29 is 16.8 Å². The van der Waals surface area contributed by atoms with Gasteiger partial charge in [0.2, 0.25) is 10.0 Å². The van der Waals surface area contributed by atoms with E-state index >= 15 is 0 Å². The van der Waals surface area contributed by atoms with E-state index in [9.17, 15) is 16.8 Å². The van der Waals surface area contributed by atoms with Gasteiger partial charge in [-0.2, -0.15) is 0 Å². The van der Waals surface area contributed by atoms with E-state index in [0.717, 1.165) is 5.56 Å². The van der Waals surface area contributed by atoms with Crippen LogP contribution in [0.1, 0.15) is 18.4 Å². The summed E-state index contributed by atoms with van der Waals surface area (Å²) in [5.41, 5.74) is 6.24. The fourth-order valence-corrected chi connectivity index (χ4v) is 5.24. The third-order valence-electron chi connectivity index (χ3n) is 3.25. The molecule has 3 N–H and O–H groups in total. The summed E-state index contributed by atoms with van der Waals surface area (Å²) in [5, 5.41) is -0.693. The Morgan fingerprint density at radius 1 is 1.30 bits per heavy atom. The minimum absolute atomic E-state index is 0.0852. The number of hydrogen-bond donors (Lipinski definition) is 2. The highest BCUT2D eigenvalue weighted by Gasteiger charge is 2.32. The lowest BCUT2D eigenvalue weighted by Gasteiger charge is -2.22. The Bertz CT molecular complexity index is 654. The summed E-state index contributed by atoms with van der Waals surface area (Å²) in [6.45, 7) is 0.334. The van der Waals surface area contributed by atoms with Crippen molar-refractivity contribution in [2.45, 2.75) is 24.6 Å². The van der Waals surface area contributed by atoms with Gasteiger partial charge >= 0.3 is 0 Å². The molecule has 0 atom stereocenters. The van der Waals surface area contributed by atoms with Gasteiger partial charge in [-0.1, -0.05) is 6.07 Å². The van der Waals surface area contributed by atoms with E-state index in [-0.39, 0.29) is 30.2 Å². The van der Waals surface area contributed by atoms with Crippen LogP contribution in [0.2, 0.25) is 0 Å². The molecule has 1 aromatic heterocycles. The van der Waals surface area contributed by atoms with E-state index in [4.69, 9.17) is 5.73 Å². The number of nitrogens with zero attached hydrogens (tertiary/aromatic N) is 1. The van der Waals surface area contributed by atoms with Gasteiger partial charge in [-0.05, 0) is 24.5 Å². The molecule has 2 heterocycles. The molecule has 1 aliphatic heterocycles. The van der Waals surface area contributed by atoms with E-state index < -0.39 is 25.1 Å². The number of hydrogen-bond acceptors (Lipinski definition) is 6. The average molecular weight is 319 g/mol. The van der Waals surface area contributed by atoms with Crippen LogP contribution in [0, 0.1) is 0 Å². The minimum atomic E-state index is -3.61. The SMILES string of the molecule is NCc1ccc(NS(=O)(=O)C2CCS(=O)(=O)CC2)nc1. The largest absolute Gasteiger partial charge is 0.326 e. The van der Waals surface area contributed by atoms with Gasteiger partial charge in [-0.15, -0.1) is 0 Å². The molecule has 1 fully saturated rings. The number of aromatic nitrogens is 1. The third kappa shape index (κ3) is 3.68. The predicted octanol–water partition coefficient (Wildman–Crippen LogP) is -0.141. The highest BCUT2D eigenvalue weighted by molar-refractivity contribution is 7.94. The summed E-state index contributed by atoms with van der Waals surface area (Å²) < 4.78 is 49.3. The number of sulfonamides is 1. The number of pyridine rings is 1. The minimum Gasteiger partial charge on any atom is -0.326 e. The Morgan fingerprint density at radius 3 is 2.45 bits per heavy atom. The van der Waals surface area contributed by atoms with Crippen LogP contribution >= 0.6 is 0 Å². The van der Waals surface area contributed by atoms with Gasteiger partial charge in [0, 0.05) is 12.7 Å². The number of anilines is 1. The molecule has 1 aromatic rings. The maximum atomic E-state index is 12.1. The van der Waals surface area contributed by atoms with Crippen LogP contribution in [0.4, 0.5) is 5.82 Å². The molecule has 0 radical (unpaired) electrons. The predicted molar refractivity (Wildman–Crippen MR) is 76.3 cm³/mol. The topological polar surface area (TPSA) is 119 Å². The van der Waals surface area contributed by atoms with E-state index in [1.165, 1.54) is 6.20 Å². The van der Waals surface area contributed by atoms with E-state index in [1.807, 2.05) is 0 Å². The highest BCUT2D eigenvalue weighted by Crippen LogP contribution is 2.21. The number of nitrogens with two attached hydrogens (primary N) is 1. The number of rotatable bonds is 4. The van der Waals surface area contributed by atoms with Crippen molar-refractivity contribution in [3.05, 3.63) is 23.9 Å². The molecular formula is C11H17N3O4S2. The lowest BCUT2D eigenvalue weighted by molar-refractivity contribution is 0.555. The molecule has 0 aromatic carbocycles. The second kappa shape index (κ2) is 5.66. The number of nitrogens with one attached hydrogen (secondary N) is 1. The standard InChI is InChI=1S/C11H17N3O4S2/c12-7-9-1-2-11(13-8-9)14-20(17,18)10-3-5-19(15,16)6-4-10/h1-2,8,10H,3-7,12H2,(H,13,14). The fraction of sp³-hybridized carbons (Fsp3) is 0.545. The second-order valence-electron chi connectivity index (χ2n) is 4.75. The van der Waals surface area contributed by atoms with Crippen molar-refractivity contribution >= 4 is 25.7 Å². The molecule has 0 bridgehead atoms. The molecule has 20 heavy (non-hydrogen) atoms. The molecule has 0 amide bonds.